The number of phenols is 1. The third-order valence-corrected chi connectivity index (χ3v) is 7.74. The van der Waals surface area contributed by atoms with E-state index >= 15 is 0 Å². The molecule has 5 heteroatoms. The van der Waals surface area contributed by atoms with Crippen LogP contribution in [0.15, 0.2) is 63.8 Å². The highest BCUT2D eigenvalue weighted by Gasteiger charge is 2.49. The molecule has 1 aliphatic heterocycles. The van der Waals surface area contributed by atoms with Crippen LogP contribution < -0.4 is 5.63 Å². The Balaban J connectivity index is 1.40. The molecule has 2 aromatic carbocycles. The molecule has 0 spiro atoms. The van der Waals surface area contributed by atoms with Crippen LogP contribution in [0.3, 0.4) is 0 Å². The largest absolute Gasteiger partial charge is 0.507 e. The van der Waals surface area contributed by atoms with Crippen LogP contribution in [0, 0.1) is 10.8 Å². The Kier molecular flexibility index (Phi) is 4.65. The number of hydrogen-bond acceptors (Lipinski definition) is 5. The first kappa shape index (κ1) is 21.4. The quantitative estimate of drug-likeness (QED) is 0.378. The summed E-state index contributed by atoms with van der Waals surface area (Å²) in [6, 6.07) is 17.5. The second-order valence-corrected chi connectivity index (χ2v) is 11.4. The Morgan fingerprint density at radius 3 is 2.71 bits per heavy atom. The Morgan fingerprint density at radius 1 is 1.06 bits per heavy atom. The molecule has 1 N–H and O–H groups in total. The standard InChI is InChI=1S/C29H30N2O3/c1-28(2)13-20-14-29(3,16-28)17-31(20)15-22-25(32)11-9-19-12-21(27(33)34-26(19)22)24-10-8-18-6-4-5-7-23(18)30-24/h4-12,20,32H,13-17H2,1-3H3. The van der Waals surface area contributed by atoms with E-state index in [-0.39, 0.29) is 5.75 Å². The lowest BCUT2D eigenvalue weighted by molar-refractivity contribution is 0.126. The highest BCUT2D eigenvalue weighted by atomic mass is 16.4. The minimum absolute atomic E-state index is 0.179. The van der Waals surface area contributed by atoms with Crippen molar-refractivity contribution in [2.24, 2.45) is 10.8 Å². The molecule has 1 saturated heterocycles. The van der Waals surface area contributed by atoms with E-state index in [0.717, 1.165) is 29.3 Å². The lowest BCUT2D eigenvalue weighted by atomic mass is 9.65. The second-order valence-electron chi connectivity index (χ2n) is 11.4. The van der Waals surface area contributed by atoms with Gasteiger partial charge in [-0.1, -0.05) is 45.0 Å². The van der Waals surface area contributed by atoms with Crippen LogP contribution in [-0.2, 0) is 6.54 Å². The third kappa shape index (κ3) is 3.59. The molecule has 2 bridgehead atoms. The lowest BCUT2D eigenvalue weighted by Crippen LogP contribution is -2.34. The van der Waals surface area contributed by atoms with Gasteiger partial charge in [0, 0.05) is 29.9 Å². The average molecular weight is 455 g/mol. The number of fused-ring (bicyclic) bond motifs is 4. The Hall–Kier alpha value is -3.18. The van der Waals surface area contributed by atoms with Crippen molar-refractivity contribution in [3.05, 3.63) is 70.6 Å². The number of phenolic OH excluding ortho intramolecular Hbond substituents is 1. The molecule has 34 heavy (non-hydrogen) atoms. The first-order valence-corrected chi connectivity index (χ1v) is 12.1. The van der Waals surface area contributed by atoms with Crippen LogP contribution in [0.25, 0.3) is 33.1 Å². The molecule has 2 unspecified atom stereocenters. The van der Waals surface area contributed by atoms with E-state index in [1.807, 2.05) is 48.5 Å². The molecule has 0 amide bonds. The van der Waals surface area contributed by atoms with Crippen LogP contribution >= 0.6 is 0 Å². The van der Waals surface area contributed by atoms with Gasteiger partial charge in [-0.2, -0.15) is 0 Å². The monoisotopic (exact) mass is 454 g/mol. The number of aromatic hydroxyl groups is 1. The summed E-state index contributed by atoms with van der Waals surface area (Å²) in [5, 5.41) is 12.6. The van der Waals surface area contributed by atoms with Gasteiger partial charge in [-0.05, 0) is 60.4 Å². The molecule has 6 rings (SSSR count). The van der Waals surface area contributed by atoms with Gasteiger partial charge in [0.05, 0.1) is 22.3 Å². The summed E-state index contributed by atoms with van der Waals surface area (Å²) in [6.07, 6.45) is 3.55. The van der Waals surface area contributed by atoms with E-state index in [2.05, 4.69) is 30.7 Å². The number of likely N-dealkylation sites (tertiary alicyclic amines) is 1. The van der Waals surface area contributed by atoms with Crippen molar-refractivity contribution >= 4 is 21.9 Å². The lowest BCUT2D eigenvalue weighted by Gasteiger charge is -2.40. The Bertz CT molecular complexity index is 1490. The molecular weight excluding hydrogens is 424 g/mol. The SMILES string of the molecule is CC1(C)CC2CC(C)(CN2Cc2c(O)ccc3cc(-c4ccc5ccccc5n4)c(=O)oc23)C1. The van der Waals surface area contributed by atoms with Crippen molar-refractivity contribution in [1.29, 1.82) is 0 Å². The topological polar surface area (TPSA) is 66.6 Å². The minimum Gasteiger partial charge on any atom is -0.507 e. The fourth-order valence-electron chi connectivity index (χ4n) is 6.74. The maximum Gasteiger partial charge on any atom is 0.345 e. The summed E-state index contributed by atoms with van der Waals surface area (Å²) in [7, 11) is 0. The molecule has 2 aliphatic rings. The van der Waals surface area contributed by atoms with Crippen molar-refractivity contribution in [1.82, 2.24) is 9.88 Å². The predicted molar refractivity (Wildman–Crippen MR) is 135 cm³/mol. The van der Waals surface area contributed by atoms with Gasteiger partial charge in [0.25, 0.3) is 0 Å². The molecule has 3 heterocycles. The Labute approximate surface area is 199 Å². The van der Waals surface area contributed by atoms with E-state index in [9.17, 15) is 9.90 Å². The van der Waals surface area contributed by atoms with Gasteiger partial charge in [0.1, 0.15) is 11.3 Å². The molecule has 0 radical (unpaired) electrons. The number of para-hydroxylation sites is 1. The van der Waals surface area contributed by atoms with Crippen molar-refractivity contribution in [2.45, 2.75) is 52.6 Å². The summed E-state index contributed by atoms with van der Waals surface area (Å²) in [5.41, 5.74) is 3.21. The molecule has 174 valence electrons. The molecule has 4 aromatic rings. The summed E-state index contributed by atoms with van der Waals surface area (Å²) in [4.78, 5) is 20.2. The zero-order chi connectivity index (χ0) is 23.7. The number of hydrogen-bond donors (Lipinski definition) is 1. The number of pyridine rings is 1. The van der Waals surface area contributed by atoms with Crippen molar-refractivity contribution < 1.29 is 9.52 Å². The molecule has 2 fully saturated rings. The van der Waals surface area contributed by atoms with E-state index < -0.39 is 5.63 Å². The van der Waals surface area contributed by atoms with Crippen LogP contribution in [-0.4, -0.2) is 27.6 Å². The number of nitrogens with zero attached hydrogens (tertiary/aromatic N) is 2. The van der Waals surface area contributed by atoms with Crippen LogP contribution in [0.4, 0.5) is 0 Å². The van der Waals surface area contributed by atoms with Gasteiger partial charge < -0.3 is 9.52 Å². The fraction of sp³-hybridized carbons (Fsp3) is 0.379. The van der Waals surface area contributed by atoms with Crippen molar-refractivity contribution in [2.75, 3.05) is 6.54 Å². The normalized spacial score (nSPS) is 24.1. The van der Waals surface area contributed by atoms with Crippen molar-refractivity contribution in [3.63, 3.8) is 0 Å². The predicted octanol–water partition coefficient (Wildman–Crippen LogP) is 6.11. The summed E-state index contributed by atoms with van der Waals surface area (Å²) < 4.78 is 5.88. The maximum atomic E-state index is 13.1. The van der Waals surface area contributed by atoms with E-state index in [1.54, 1.807) is 6.07 Å². The van der Waals surface area contributed by atoms with E-state index in [1.165, 1.54) is 12.8 Å². The smallest absolute Gasteiger partial charge is 0.345 e. The second kappa shape index (κ2) is 7.41. The van der Waals surface area contributed by atoms with Gasteiger partial charge >= 0.3 is 5.63 Å². The third-order valence-electron chi connectivity index (χ3n) is 7.74. The highest BCUT2D eigenvalue weighted by molar-refractivity contribution is 5.87. The fourth-order valence-corrected chi connectivity index (χ4v) is 6.74. The molecule has 2 atom stereocenters. The summed E-state index contributed by atoms with van der Waals surface area (Å²) in [5.74, 6) is 0.179. The van der Waals surface area contributed by atoms with Gasteiger partial charge in [0.2, 0.25) is 0 Å². The van der Waals surface area contributed by atoms with Gasteiger partial charge in [-0.25, -0.2) is 9.78 Å². The zero-order valence-corrected chi connectivity index (χ0v) is 20.0. The van der Waals surface area contributed by atoms with Crippen molar-refractivity contribution in [3.8, 4) is 17.0 Å². The number of benzene rings is 2. The maximum absolute atomic E-state index is 13.1. The van der Waals surface area contributed by atoms with E-state index in [4.69, 9.17) is 4.42 Å². The van der Waals surface area contributed by atoms with Crippen LogP contribution in [0.2, 0.25) is 0 Å². The molecule has 5 nitrogen and oxygen atoms in total. The molecule has 1 aliphatic carbocycles. The van der Waals surface area contributed by atoms with Crippen LogP contribution in [0.5, 0.6) is 5.75 Å². The van der Waals surface area contributed by atoms with Crippen LogP contribution in [0.1, 0.15) is 45.6 Å². The summed E-state index contributed by atoms with van der Waals surface area (Å²) >= 11 is 0. The zero-order valence-electron chi connectivity index (χ0n) is 20.0. The number of rotatable bonds is 3. The highest BCUT2D eigenvalue weighted by Crippen LogP contribution is 2.53. The first-order chi connectivity index (χ1) is 16.2. The first-order valence-electron chi connectivity index (χ1n) is 12.1. The average Bonchev–Trinajstić information content (AvgIpc) is 3.02. The van der Waals surface area contributed by atoms with E-state index in [0.29, 0.717) is 45.8 Å². The molecular formula is C29H30N2O3. The molecule has 2 aromatic heterocycles. The minimum atomic E-state index is -0.435. The number of aromatic nitrogens is 1. The Morgan fingerprint density at radius 2 is 1.85 bits per heavy atom. The van der Waals surface area contributed by atoms with Gasteiger partial charge in [-0.3, -0.25) is 4.90 Å². The summed E-state index contributed by atoms with van der Waals surface area (Å²) in [6.45, 7) is 8.68. The van der Waals surface area contributed by atoms with Gasteiger partial charge in [0.15, 0.2) is 0 Å². The van der Waals surface area contributed by atoms with Gasteiger partial charge in [-0.15, -0.1) is 0 Å². The molecule has 1 saturated carbocycles.